The predicted octanol–water partition coefficient (Wildman–Crippen LogP) is 3.97. The fraction of sp³-hybridized carbons (Fsp3) is 0. The van der Waals surface area contributed by atoms with Crippen LogP contribution in [0.4, 0.5) is 11.4 Å². The number of hydrogen-bond donors (Lipinski definition) is 2. The van der Waals surface area contributed by atoms with E-state index < -0.39 is 0 Å². The lowest BCUT2D eigenvalue weighted by molar-refractivity contribution is 0.620. The zero-order valence-electron chi connectivity index (χ0n) is 9.65. The van der Waals surface area contributed by atoms with Crippen LogP contribution in [0.1, 0.15) is 0 Å². The summed E-state index contributed by atoms with van der Waals surface area (Å²) in [5, 5.41) is 0.903. The van der Waals surface area contributed by atoms with Gasteiger partial charge in [0.1, 0.15) is 5.52 Å². The molecule has 3 rings (SSSR count). The monoisotopic (exact) mass is 293 g/mol. The molecule has 0 spiro atoms. The lowest BCUT2D eigenvalue weighted by atomic mass is 10.2. The van der Waals surface area contributed by atoms with Crippen molar-refractivity contribution in [1.29, 1.82) is 0 Å². The maximum Gasteiger partial charge on any atom is 0.227 e. The third-order valence-electron chi connectivity index (χ3n) is 2.75. The van der Waals surface area contributed by atoms with Crippen molar-refractivity contribution in [2.75, 3.05) is 11.5 Å². The van der Waals surface area contributed by atoms with Crippen LogP contribution in [-0.2, 0) is 0 Å². The van der Waals surface area contributed by atoms with E-state index in [1.807, 2.05) is 0 Å². The molecule has 0 amide bonds. The average Bonchev–Trinajstić information content (AvgIpc) is 2.76. The van der Waals surface area contributed by atoms with Crippen LogP contribution in [-0.4, -0.2) is 4.98 Å². The molecule has 4 N–H and O–H groups in total. The lowest BCUT2D eigenvalue weighted by Crippen LogP contribution is -1.86. The van der Waals surface area contributed by atoms with Crippen LogP contribution in [0.2, 0.25) is 10.0 Å². The van der Waals surface area contributed by atoms with Crippen molar-refractivity contribution in [1.82, 2.24) is 4.98 Å². The Hall–Kier alpha value is -1.91. The number of nitrogens with zero attached hydrogens (tertiary/aromatic N) is 1. The number of fused-ring (bicyclic) bond motifs is 1. The molecule has 0 radical (unpaired) electrons. The molecule has 0 aliphatic carbocycles. The van der Waals surface area contributed by atoms with Crippen LogP contribution in [0.15, 0.2) is 34.7 Å². The highest BCUT2D eigenvalue weighted by atomic mass is 35.5. The fourth-order valence-corrected chi connectivity index (χ4v) is 2.09. The quantitative estimate of drug-likeness (QED) is 0.666. The predicted molar refractivity (Wildman–Crippen MR) is 78.3 cm³/mol. The number of benzene rings is 2. The van der Waals surface area contributed by atoms with E-state index in [1.165, 1.54) is 0 Å². The van der Waals surface area contributed by atoms with Gasteiger partial charge in [-0.3, -0.25) is 0 Å². The van der Waals surface area contributed by atoms with Gasteiger partial charge in [0.15, 0.2) is 5.58 Å². The Labute approximate surface area is 118 Å². The van der Waals surface area contributed by atoms with Gasteiger partial charge in [0.25, 0.3) is 0 Å². The summed E-state index contributed by atoms with van der Waals surface area (Å²) < 4.78 is 5.64. The van der Waals surface area contributed by atoms with E-state index in [9.17, 15) is 0 Å². The van der Waals surface area contributed by atoms with Gasteiger partial charge in [0.2, 0.25) is 5.89 Å². The third kappa shape index (κ3) is 2.09. The van der Waals surface area contributed by atoms with Crippen molar-refractivity contribution >= 4 is 45.7 Å². The summed E-state index contributed by atoms with van der Waals surface area (Å²) in [5.74, 6) is 0.443. The van der Waals surface area contributed by atoms with Crippen molar-refractivity contribution in [2.45, 2.75) is 0 Å². The summed E-state index contributed by atoms with van der Waals surface area (Å²) >= 11 is 11.9. The molecule has 2 aromatic carbocycles. The molecule has 19 heavy (non-hydrogen) atoms. The maximum absolute atomic E-state index is 5.98. The first-order valence-corrected chi connectivity index (χ1v) is 6.21. The van der Waals surface area contributed by atoms with E-state index in [2.05, 4.69) is 4.98 Å². The Morgan fingerprint density at radius 3 is 2.42 bits per heavy atom. The molecule has 0 unspecified atom stereocenters. The lowest BCUT2D eigenvalue weighted by Gasteiger charge is -1.99. The molecule has 0 fully saturated rings. The van der Waals surface area contributed by atoms with Crippen LogP contribution in [0, 0.1) is 0 Å². The first kappa shape index (κ1) is 12.1. The Balaban J connectivity index is 2.17. The van der Waals surface area contributed by atoms with Crippen LogP contribution < -0.4 is 11.5 Å². The maximum atomic E-state index is 5.98. The van der Waals surface area contributed by atoms with Gasteiger partial charge < -0.3 is 15.9 Å². The van der Waals surface area contributed by atoms with Crippen LogP contribution in [0.3, 0.4) is 0 Å². The van der Waals surface area contributed by atoms with Crippen LogP contribution >= 0.6 is 23.2 Å². The molecular weight excluding hydrogens is 285 g/mol. The van der Waals surface area contributed by atoms with Gasteiger partial charge in [0.05, 0.1) is 21.4 Å². The van der Waals surface area contributed by atoms with E-state index in [0.29, 0.717) is 38.4 Å². The Morgan fingerprint density at radius 2 is 1.68 bits per heavy atom. The zero-order valence-corrected chi connectivity index (χ0v) is 11.2. The number of aromatic nitrogens is 1. The van der Waals surface area contributed by atoms with Crippen LogP contribution in [0.25, 0.3) is 22.6 Å². The number of oxazole rings is 1. The minimum Gasteiger partial charge on any atom is -0.436 e. The Kier molecular flexibility index (Phi) is 2.77. The topological polar surface area (TPSA) is 78.1 Å². The normalized spacial score (nSPS) is 11.1. The Bertz CT molecular complexity index is 744. The molecule has 0 bridgehead atoms. The van der Waals surface area contributed by atoms with Gasteiger partial charge in [-0.15, -0.1) is 0 Å². The van der Waals surface area contributed by atoms with E-state index in [-0.39, 0.29) is 0 Å². The third-order valence-corrected chi connectivity index (χ3v) is 3.41. The van der Waals surface area contributed by atoms with Gasteiger partial charge in [-0.1, -0.05) is 23.2 Å². The SMILES string of the molecule is Nc1ccc(-c2nc3cc(Cl)c(N)cc3o2)cc1Cl. The minimum atomic E-state index is 0.443. The first-order valence-electron chi connectivity index (χ1n) is 5.45. The van der Waals surface area contributed by atoms with Crippen molar-refractivity contribution in [2.24, 2.45) is 0 Å². The molecule has 0 saturated carbocycles. The first-order chi connectivity index (χ1) is 9.04. The molecule has 0 atom stereocenters. The highest BCUT2D eigenvalue weighted by Crippen LogP contribution is 2.31. The minimum absolute atomic E-state index is 0.443. The molecule has 1 aromatic heterocycles. The second-order valence-electron chi connectivity index (χ2n) is 4.10. The fourth-order valence-electron chi connectivity index (χ4n) is 1.75. The number of rotatable bonds is 1. The highest BCUT2D eigenvalue weighted by Gasteiger charge is 2.11. The number of anilines is 2. The standard InChI is InChI=1S/C13H9Cl2N3O/c14-7-3-6(1-2-9(7)16)13-18-11-4-8(15)10(17)5-12(11)19-13/h1-5H,16-17H2. The Morgan fingerprint density at radius 1 is 0.947 bits per heavy atom. The summed E-state index contributed by atoms with van der Waals surface area (Å²) in [6, 6.07) is 8.50. The smallest absolute Gasteiger partial charge is 0.227 e. The van der Waals surface area contributed by atoms with Crippen molar-refractivity contribution in [3.8, 4) is 11.5 Å². The number of nitrogen functional groups attached to an aromatic ring is 2. The molecular formula is C13H9Cl2N3O. The van der Waals surface area contributed by atoms with E-state index in [1.54, 1.807) is 30.3 Å². The molecule has 4 nitrogen and oxygen atoms in total. The summed E-state index contributed by atoms with van der Waals surface area (Å²) in [5.41, 5.74) is 14.3. The number of hydrogen-bond acceptors (Lipinski definition) is 4. The van der Waals surface area contributed by atoms with Gasteiger partial charge in [0, 0.05) is 11.6 Å². The second-order valence-corrected chi connectivity index (χ2v) is 4.91. The largest absolute Gasteiger partial charge is 0.436 e. The molecule has 0 aliphatic heterocycles. The molecule has 0 saturated heterocycles. The second kappa shape index (κ2) is 4.33. The molecule has 6 heteroatoms. The van der Waals surface area contributed by atoms with Gasteiger partial charge >= 0.3 is 0 Å². The summed E-state index contributed by atoms with van der Waals surface area (Å²) in [6.07, 6.45) is 0. The summed E-state index contributed by atoms with van der Waals surface area (Å²) in [4.78, 5) is 4.35. The van der Waals surface area contributed by atoms with Gasteiger partial charge in [-0.05, 0) is 24.3 Å². The van der Waals surface area contributed by atoms with Crippen molar-refractivity contribution in [3.05, 3.63) is 40.4 Å². The summed E-state index contributed by atoms with van der Waals surface area (Å²) in [7, 11) is 0. The van der Waals surface area contributed by atoms with E-state index >= 15 is 0 Å². The number of halogens is 2. The highest BCUT2D eigenvalue weighted by molar-refractivity contribution is 6.34. The summed E-state index contributed by atoms with van der Waals surface area (Å²) in [6.45, 7) is 0. The average molecular weight is 294 g/mol. The zero-order chi connectivity index (χ0) is 13.6. The number of nitrogens with two attached hydrogens (primary N) is 2. The molecule has 3 aromatic rings. The van der Waals surface area contributed by atoms with Crippen LogP contribution in [0.5, 0.6) is 0 Å². The van der Waals surface area contributed by atoms with E-state index in [0.717, 1.165) is 5.56 Å². The molecule has 96 valence electrons. The van der Waals surface area contributed by atoms with Gasteiger partial charge in [-0.25, -0.2) is 4.98 Å². The van der Waals surface area contributed by atoms with Crippen molar-refractivity contribution < 1.29 is 4.42 Å². The van der Waals surface area contributed by atoms with Crippen molar-refractivity contribution in [3.63, 3.8) is 0 Å². The molecule has 0 aliphatic rings. The molecule has 1 heterocycles. The van der Waals surface area contributed by atoms with Gasteiger partial charge in [-0.2, -0.15) is 0 Å². The van der Waals surface area contributed by atoms with E-state index in [4.69, 9.17) is 39.1 Å².